The van der Waals surface area contributed by atoms with Crippen LogP contribution in [0, 0.1) is 0 Å². The lowest BCUT2D eigenvalue weighted by Crippen LogP contribution is -2.52. The van der Waals surface area contributed by atoms with Gasteiger partial charge in [-0.3, -0.25) is 4.90 Å². The molecule has 2 rings (SSSR count). The molecule has 1 atom stereocenters. The smallest absolute Gasteiger partial charge is 0.0473 e. The van der Waals surface area contributed by atoms with Gasteiger partial charge in [0.05, 0.1) is 0 Å². The van der Waals surface area contributed by atoms with Crippen molar-refractivity contribution in [2.24, 2.45) is 5.73 Å². The van der Waals surface area contributed by atoms with E-state index in [9.17, 15) is 0 Å². The molecule has 0 bridgehead atoms. The van der Waals surface area contributed by atoms with Gasteiger partial charge in [0.2, 0.25) is 0 Å². The molecule has 1 aliphatic heterocycles. The van der Waals surface area contributed by atoms with Gasteiger partial charge in [-0.05, 0) is 49.1 Å². The van der Waals surface area contributed by atoms with Crippen molar-refractivity contribution in [3.8, 4) is 0 Å². The summed E-state index contributed by atoms with van der Waals surface area (Å²) in [6.45, 7) is 12.1. The molecule has 1 fully saturated rings. The molecule has 19 heavy (non-hydrogen) atoms. The molecule has 0 aromatic rings. The summed E-state index contributed by atoms with van der Waals surface area (Å²) < 4.78 is 0. The minimum absolute atomic E-state index is 0.0464. The number of fused-ring (bicyclic) bond motifs is 1. The number of hydrogen-bond donors (Lipinski definition) is 1. The second-order valence-electron chi connectivity index (χ2n) is 5.52. The van der Waals surface area contributed by atoms with Crippen LogP contribution < -0.4 is 5.73 Å². The maximum absolute atomic E-state index is 5.79. The SMILES string of the molecule is C=C/C=C1\C/C(=C\N)CC2(C)C1=CCCN2CC=C. The Labute approximate surface area is 116 Å². The molecule has 0 saturated heterocycles. The highest BCUT2D eigenvalue weighted by molar-refractivity contribution is 5.49. The predicted molar refractivity (Wildman–Crippen MR) is 82.7 cm³/mol. The van der Waals surface area contributed by atoms with Gasteiger partial charge in [-0.15, -0.1) is 6.58 Å². The second-order valence-corrected chi connectivity index (χ2v) is 5.52. The summed E-state index contributed by atoms with van der Waals surface area (Å²) in [6, 6.07) is 0. The van der Waals surface area contributed by atoms with E-state index in [-0.39, 0.29) is 5.54 Å². The van der Waals surface area contributed by atoms with Gasteiger partial charge in [-0.1, -0.05) is 30.9 Å². The molecule has 102 valence electrons. The first-order chi connectivity index (χ1) is 9.15. The monoisotopic (exact) mass is 256 g/mol. The molecule has 2 heteroatoms. The fourth-order valence-electron chi connectivity index (χ4n) is 3.39. The van der Waals surface area contributed by atoms with E-state index < -0.39 is 0 Å². The van der Waals surface area contributed by atoms with Crippen LogP contribution in [0.1, 0.15) is 26.2 Å². The Kier molecular flexibility index (Phi) is 4.11. The van der Waals surface area contributed by atoms with Crippen LogP contribution in [-0.4, -0.2) is 23.5 Å². The Balaban J connectivity index is 2.46. The van der Waals surface area contributed by atoms with Crippen LogP contribution in [0.2, 0.25) is 0 Å². The average Bonchev–Trinajstić information content (AvgIpc) is 2.40. The Morgan fingerprint density at radius 2 is 2.26 bits per heavy atom. The lowest BCUT2D eigenvalue weighted by Gasteiger charge is -2.49. The lowest BCUT2D eigenvalue weighted by molar-refractivity contribution is 0.139. The van der Waals surface area contributed by atoms with Crippen molar-refractivity contribution in [3.05, 3.63) is 60.4 Å². The first-order valence-corrected chi connectivity index (χ1v) is 6.94. The Hall–Kier alpha value is -1.54. The first-order valence-electron chi connectivity index (χ1n) is 6.94. The van der Waals surface area contributed by atoms with Crippen LogP contribution in [0.4, 0.5) is 0 Å². The zero-order valence-electron chi connectivity index (χ0n) is 11.9. The van der Waals surface area contributed by atoms with Crippen molar-refractivity contribution >= 4 is 0 Å². The van der Waals surface area contributed by atoms with Gasteiger partial charge in [-0.25, -0.2) is 0 Å². The molecule has 0 radical (unpaired) electrons. The van der Waals surface area contributed by atoms with Crippen LogP contribution in [0.25, 0.3) is 0 Å². The van der Waals surface area contributed by atoms with Crippen molar-refractivity contribution in [2.45, 2.75) is 31.7 Å². The number of hydrogen-bond acceptors (Lipinski definition) is 2. The minimum atomic E-state index is 0.0464. The fraction of sp³-hybridized carbons (Fsp3) is 0.412. The topological polar surface area (TPSA) is 29.3 Å². The maximum atomic E-state index is 5.79. The minimum Gasteiger partial charge on any atom is -0.405 e. The molecule has 0 spiro atoms. The maximum Gasteiger partial charge on any atom is 0.0473 e. The number of rotatable bonds is 3. The van der Waals surface area contributed by atoms with E-state index in [0.29, 0.717) is 0 Å². The lowest BCUT2D eigenvalue weighted by atomic mass is 9.70. The summed E-state index contributed by atoms with van der Waals surface area (Å²) in [4.78, 5) is 2.51. The standard InChI is InChI=1S/C17H24N2/c1-4-7-15-11-14(13-18)12-17(3)16(15)8-6-10-19(17)9-5-2/h4-5,7-8,13H,1-2,6,9-12,18H2,3H3/b14-13+,15-7+. The Morgan fingerprint density at radius 3 is 2.89 bits per heavy atom. The predicted octanol–water partition coefficient (Wildman–Crippen LogP) is 3.31. The van der Waals surface area contributed by atoms with E-state index in [4.69, 9.17) is 5.73 Å². The van der Waals surface area contributed by atoms with Gasteiger partial charge >= 0.3 is 0 Å². The molecule has 0 amide bonds. The number of nitrogens with two attached hydrogens (primary N) is 1. The third-order valence-electron chi connectivity index (χ3n) is 4.26. The zero-order valence-corrected chi connectivity index (χ0v) is 11.9. The molecule has 2 aliphatic rings. The van der Waals surface area contributed by atoms with Crippen molar-refractivity contribution in [2.75, 3.05) is 13.1 Å². The molecule has 2 nitrogen and oxygen atoms in total. The van der Waals surface area contributed by atoms with Gasteiger partial charge in [-0.2, -0.15) is 0 Å². The molecule has 1 aliphatic carbocycles. The molecule has 0 aromatic carbocycles. The van der Waals surface area contributed by atoms with Crippen LogP contribution in [0.3, 0.4) is 0 Å². The average molecular weight is 256 g/mol. The third-order valence-corrected chi connectivity index (χ3v) is 4.26. The Bertz CT molecular complexity index is 468. The van der Waals surface area contributed by atoms with Gasteiger partial charge in [0.1, 0.15) is 0 Å². The van der Waals surface area contributed by atoms with Crippen molar-refractivity contribution < 1.29 is 0 Å². The molecule has 1 unspecified atom stereocenters. The summed E-state index contributed by atoms with van der Waals surface area (Å²) >= 11 is 0. The number of allylic oxidation sites excluding steroid dienone is 2. The molecule has 2 N–H and O–H groups in total. The van der Waals surface area contributed by atoms with Crippen LogP contribution in [0.5, 0.6) is 0 Å². The van der Waals surface area contributed by atoms with Crippen molar-refractivity contribution in [1.82, 2.24) is 4.90 Å². The highest BCUT2D eigenvalue weighted by Gasteiger charge is 2.41. The second kappa shape index (κ2) is 5.62. The summed E-state index contributed by atoms with van der Waals surface area (Å²) in [6.07, 6.45) is 13.2. The van der Waals surface area contributed by atoms with Gasteiger partial charge in [0, 0.05) is 18.6 Å². The van der Waals surface area contributed by atoms with Gasteiger partial charge < -0.3 is 5.73 Å². The normalized spacial score (nSPS) is 31.9. The fourth-order valence-corrected chi connectivity index (χ4v) is 3.39. The molecular weight excluding hydrogens is 232 g/mol. The summed E-state index contributed by atoms with van der Waals surface area (Å²) in [5.74, 6) is 0. The third kappa shape index (κ3) is 2.45. The highest BCUT2D eigenvalue weighted by Crippen LogP contribution is 2.45. The van der Waals surface area contributed by atoms with Gasteiger partial charge in [0.15, 0.2) is 0 Å². The van der Waals surface area contributed by atoms with E-state index in [0.717, 1.165) is 32.4 Å². The summed E-state index contributed by atoms with van der Waals surface area (Å²) in [5.41, 5.74) is 9.95. The summed E-state index contributed by atoms with van der Waals surface area (Å²) in [7, 11) is 0. The molecule has 1 heterocycles. The van der Waals surface area contributed by atoms with Crippen molar-refractivity contribution in [1.29, 1.82) is 0 Å². The van der Waals surface area contributed by atoms with Crippen LogP contribution in [0.15, 0.2) is 60.4 Å². The van der Waals surface area contributed by atoms with Gasteiger partial charge in [0.25, 0.3) is 0 Å². The molecular formula is C17H24N2. The van der Waals surface area contributed by atoms with E-state index in [1.165, 1.54) is 16.7 Å². The summed E-state index contributed by atoms with van der Waals surface area (Å²) in [5, 5.41) is 0. The molecule has 1 saturated carbocycles. The zero-order chi connectivity index (χ0) is 13.9. The van der Waals surface area contributed by atoms with E-state index in [1.807, 2.05) is 12.2 Å². The van der Waals surface area contributed by atoms with Crippen LogP contribution >= 0.6 is 0 Å². The van der Waals surface area contributed by atoms with E-state index in [2.05, 4.69) is 37.1 Å². The highest BCUT2D eigenvalue weighted by atomic mass is 15.2. The Morgan fingerprint density at radius 1 is 1.47 bits per heavy atom. The first kappa shape index (κ1) is 13.9. The quantitative estimate of drug-likeness (QED) is 0.785. The van der Waals surface area contributed by atoms with Crippen LogP contribution in [-0.2, 0) is 0 Å². The largest absolute Gasteiger partial charge is 0.405 e. The molecule has 0 aromatic heterocycles. The van der Waals surface area contributed by atoms with Crippen molar-refractivity contribution in [3.63, 3.8) is 0 Å². The number of nitrogens with zero attached hydrogens (tertiary/aromatic N) is 1. The van der Waals surface area contributed by atoms with E-state index >= 15 is 0 Å². The van der Waals surface area contributed by atoms with E-state index in [1.54, 1.807) is 6.20 Å².